The van der Waals surface area contributed by atoms with Crippen LogP contribution in [0.1, 0.15) is 23.1 Å². The Morgan fingerprint density at radius 3 is 2.69 bits per heavy atom. The molecule has 1 nitrogen and oxygen atoms in total. The second kappa shape index (κ2) is 4.50. The Morgan fingerprint density at radius 2 is 2.06 bits per heavy atom. The van der Waals surface area contributed by atoms with Gasteiger partial charge in [0.25, 0.3) is 0 Å². The van der Waals surface area contributed by atoms with Crippen molar-refractivity contribution in [2.24, 2.45) is 5.92 Å². The van der Waals surface area contributed by atoms with Gasteiger partial charge >= 0.3 is 0 Å². The second-order valence-electron chi connectivity index (χ2n) is 4.64. The van der Waals surface area contributed by atoms with Crippen molar-refractivity contribution in [3.05, 3.63) is 34.4 Å². The maximum absolute atomic E-state index is 13.7. The first-order valence-corrected chi connectivity index (χ1v) is 5.74. The molecule has 0 saturated carbocycles. The van der Waals surface area contributed by atoms with Crippen LogP contribution in [0.15, 0.2) is 6.07 Å². The van der Waals surface area contributed by atoms with E-state index in [2.05, 4.69) is 5.32 Å². The van der Waals surface area contributed by atoms with Gasteiger partial charge in [-0.25, -0.2) is 8.78 Å². The fourth-order valence-electron chi connectivity index (χ4n) is 2.31. The van der Waals surface area contributed by atoms with Crippen molar-refractivity contribution in [1.29, 1.82) is 0 Å². The molecule has 2 rings (SSSR count). The Kier molecular flexibility index (Phi) is 3.24. The number of hydrogen-bond acceptors (Lipinski definition) is 1. The zero-order valence-corrected chi connectivity index (χ0v) is 9.74. The van der Waals surface area contributed by atoms with E-state index < -0.39 is 5.82 Å². The van der Waals surface area contributed by atoms with Gasteiger partial charge < -0.3 is 5.32 Å². The first-order chi connectivity index (χ1) is 7.59. The van der Waals surface area contributed by atoms with Crippen molar-refractivity contribution in [1.82, 2.24) is 5.32 Å². The van der Waals surface area contributed by atoms with Crippen LogP contribution >= 0.6 is 0 Å². The van der Waals surface area contributed by atoms with Gasteiger partial charge in [-0.05, 0) is 62.9 Å². The summed E-state index contributed by atoms with van der Waals surface area (Å²) in [5, 5.41) is 3.27. The Bertz CT molecular complexity index is 395. The summed E-state index contributed by atoms with van der Waals surface area (Å²) >= 11 is 0. The largest absolute Gasteiger partial charge is 0.316 e. The van der Waals surface area contributed by atoms with Crippen LogP contribution in [0.3, 0.4) is 0 Å². The number of benzene rings is 1. The Hall–Kier alpha value is -0.960. The van der Waals surface area contributed by atoms with E-state index in [4.69, 9.17) is 0 Å². The highest BCUT2D eigenvalue weighted by atomic mass is 19.1. The van der Waals surface area contributed by atoms with Gasteiger partial charge in [0.05, 0.1) is 0 Å². The normalized spacial score (nSPS) is 20.4. The summed E-state index contributed by atoms with van der Waals surface area (Å²) in [7, 11) is 0. The maximum Gasteiger partial charge on any atom is 0.132 e. The molecule has 0 spiro atoms. The SMILES string of the molecule is Cc1c(F)cc(CC2CCNC2)c(C)c1F. The van der Waals surface area contributed by atoms with Crippen molar-refractivity contribution < 1.29 is 8.78 Å². The van der Waals surface area contributed by atoms with Crippen LogP contribution in [-0.2, 0) is 6.42 Å². The minimum Gasteiger partial charge on any atom is -0.316 e. The molecule has 1 heterocycles. The quantitative estimate of drug-likeness (QED) is 0.816. The molecule has 1 aromatic rings. The minimum atomic E-state index is -0.427. The minimum absolute atomic E-state index is 0.130. The van der Waals surface area contributed by atoms with E-state index in [1.165, 1.54) is 13.0 Å². The molecule has 1 aliphatic rings. The number of nitrogens with one attached hydrogen (secondary N) is 1. The molecule has 1 fully saturated rings. The van der Waals surface area contributed by atoms with E-state index in [-0.39, 0.29) is 11.4 Å². The zero-order chi connectivity index (χ0) is 11.7. The van der Waals surface area contributed by atoms with Gasteiger partial charge in [0.2, 0.25) is 0 Å². The molecule has 0 aliphatic carbocycles. The molecular formula is C13H17F2N. The standard InChI is InChI=1S/C13H17F2N/c1-8-11(5-10-3-4-16-7-10)6-12(14)9(2)13(8)15/h6,10,16H,3-5,7H2,1-2H3. The van der Waals surface area contributed by atoms with Crippen LogP contribution in [0.2, 0.25) is 0 Å². The van der Waals surface area contributed by atoms with Crippen LogP contribution in [0, 0.1) is 31.4 Å². The molecule has 1 aliphatic heterocycles. The first kappa shape index (κ1) is 11.5. The smallest absolute Gasteiger partial charge is 0.132 e. The first-order valence-electron chi connectivity index (χ1n) is 5.74. The number of halogens is 2. The summed E-state index contributed by atoms with van der Waals surface area (Å²) in [6, 6.07) is 1.49. The van der Waals surface area contributed by atoms with Crippen LogP contribution in [0.5, 0.6) is 0 Å². The number of hydrogen-bond donors (Lipinski definition) is 1. The molecule has 0 aromatic heterocycles. The van der Waals surface area contributed by atoms with E-state index in [0.717, 1.165) is 31.5 Å². The third-order valence-electron chi connectivity index (χ3n) is 3.47. The summed E-state index contributed by atoms with van der Waals surface area (Å²) < 4.78 is 27.1. The fraction of sp³-hybridized carbons (Fsp3) is 0.538. The van der Waals surface area contributed by atoms with Crippen molar-refractivity contribution in [2.45, 2.75) is 26.7 Å². The average molecular weight is 225 g/mol. The van der Waals surface area contributed by atoms with Crippen molar-refractivity contribution >= 4 is 0 Å². The van der Waals surface area contributed by atoms with E-state index in [1.54, 1.807) is 6.92 Å². The third-order valence-corrected chi connectivity index (χ3v) is 3.47. The van der Waals surface area contributed by atoms with Gasteiger partial charge in [-0.1, -0.05) is 0 Å². The van der Waals surface area contributed by atoms with E-state index in [0.29, 0.717) is 11.5 Å². The monoisotopic (exact) mass is 225 g/mol. The van der Waals surface area contributed by atoms with Gasteiger partial charge in [-0.3, -0.25) is 0 Å². The predicted molar refractivity (Wildman–Crippen MR) is 60.5 cm³/mol. The molecule has 1 N–H and O–H groups in total. The molecule has 1 unspecified atom stereocenters. The van der Waals surface area contributed by atoms with E-state index >= 15 is 0 Å². The Labute approximate surface area is 94.9 Å². The molecule has 0 amide bonds. The second-order valence-corrected chi connectivity index (χ2v) is 4.64. The summed E-state index contributed by atoms with van der Waals surface area (Å²) in [5.74, 6) is -0.301. The van der Waals surface area contributed by atoms with E-state index in [1.807, 2.05) is 0 Å². The lowest BCUT2D eigenvalue weighted by Crippen LogP contribution is -2.12. The Morgan fingerprint density at radius 1 is 1.31 bits per heavy atom. The molecule has 0 radical (unpaired) electrons. The topological polar surface area (TPSA) is 12.0 Å². The Balaban J connectivity index is 2.26. The van der Waals surface area contributed by atoms with Gasteiger partial charge in [0.15, 0.2) is 0 Å². The summed E-state index contributed by atoms with van der Waals surface area (Å²) in [6.07, 6.45) is 1.86. The molecule has 16 heavy (non-hydrogen) atoms. The van der Waals surface area contributed by atoms with Crippen LogP contribution < -0.4 is 5.32 Å². The van der Waals surface area contributed by atoms with Gasteiger partial charge in [-0.15, -0.1) is 0 Å². The van der Waals surface area contributed by atoms with Gasteiger partial charge in [-0.2, -0.15) is 0 Å². The lowest BCUT2D eigenvalue weighted by molar-refractivity contribution is 0.540. The lowest BCUT2D eigenvalue weighted by atomic mass is 9.94. The summed E-state index contributed by atoms with van der Waals surface area (Å²) in [5.41, 5.74) is 1.55. The summed E-state index contributed by atoms with van der Waals surface area (Å²) in [6.45, 7) is 5.19. The van der Waals surface area contributed by atoms with Crippen molar-refractivity contribution in [2.75, 3.05) is 13.1 Å². The van der Waals surface area contributed by atoms with Crippen LogP contribution in [-0.4, -0.2) is 13.1 Å². The van der Waals surface area contributed by atoms with E-state index in [9.17, 15) is 8.78 Å². The molecule has 1 atom stereocenters. The van der Waals surface area contributed by atoms with Gasteiger partial charge in [0.1, 0.15) is 11.6 Å². The lowest BCUT2D eigenvalue weighted by Gasteiger charge is -2.13. The highest BCUT2D eigenvalue weighted by Crippen LogP contribution is 2.24. The molecule has 1 aromatic carbocycles. The molecule has 1 saturated heterocycles. The highest BCUT2D eigenvalue weighted by molar-refractivity contribution is 5.34. The molecule has 3 heteroatoms. The average Bonchev–Trinajstić information content (AvgIpc) is 2.76. The van der Waals surface area contributed by atoms with Crippen molar-refractivity contribution in [3.63, 3.8) is 0 Å². The van der Waals surface area contributed by atoms with Crippen LogP contribution in [0.25, 0.3) is 0 Å². The zero-order valence-electron chi connectivity index (χ0n) is 9.74. The van der Waals surface area contributed by atoms with Gasteiger partial charge in [0, 0.05) is 5.56 Å². The van der Waals surface area contributed by atoms with Crippen molar-refractivity contribution in [3.8, 4) is 0 Å². The summed E-state index contributed by atoms with van der Waals surface area (Å²) in [4.78, 5) is 0. The van der Waals surface area contributed by atoms with Crippen LogP contribution in [0.4, 0.5) is 8.78 Å². The highest BCUT2D eigenvalue weighted by Gasteiger charge is 2.18. The molecule has 0 bridgehead atoms. The molecular weight excluding hydrogens is 208 g/mol. The number of rotatable bonds is 2. The maximum atomic E-state index is 13.7. The third kappa shape index (κ3) is 2.09. The predicted octanol–water partition coefficient (Wildman–Crippen LogP) is 2.73. The fourth-order valence-corrected chi connectivity index (χ4v) is 2.31. The molecule has 88 valence electrons.